The van der Waals surface area contributed by atoms with E-state index in [0.717, 1.165) is 0 Å². The van der Waals surface area contributed by atoms with Gasteiger partial charge in [0.05, 0.1) is 16.5 Å². The molecule has 0 radical (unpaired) electrons. The summed E-state index contributed by atoms with van der Waals surface area (Å²) in [6.45, 7) is 9.87. The molecule has 1 saturated heterocycles. The Morgan fingerprint density at radius 3 is 2.26 bits per heavy atom. The van der Waals surface area contributed by atoms with Crippen LogP contribution in [0.4, 0.5) is 4.79 Å². The van der Waals surface area contributed by atoms with Gasteiger partial charge in [0.15, 0.2) is 0 Å². The first-order valence-electron chi connectivity index (χ1n) is 10.4. The summed E-state index contributed by atoms with van der Waals surface area (Å²) in [5.41, 5.74) is -1.20. The fourth-order valence-corrected chi connectivity index (χ4v) is 3.90. The molecule has 2 aliphatic rings. The van der Waals surface area contributed by atoms with Gasteiger partial charge in [0.1, 0.15) is 5.60 Å². The molecule has 3 rings (SSSR count). The molecule has 0 saturated carbocycles. The fourth-order valence-electron chi connectivity index (χ4n) is 3.90. The van der Waals surface area contributed by atoms with Crippen molar-refractivity contribution >= 4 is 23.9 Å². The summed E-state index contributed by atoms with van der Waals surface area (Å²) in [5.74, 6) is -1.99. The van der Waals surface area contributed by atoms with Gasteiger partial charge < -0.3 is 14.5 Å². The molecule has 0 spiro atoms. The lowest BCUT2D eigenvalue weighted by Crippen LogP contribution is -2.42. The van der Waals surface area contributed by atoms with Crippen LogP contribution < -0.4 is 0 Å². The third kappa shape index (κ3) is 4.62. The normalized spacial score (nSPS) is 21.4. The SMILES string of the molecule is C=CCC1(C(=O)ON2C(=O)c3ccccc3C2=O)CCCN(C(=O)OC(C)(C)C)CC1. The van der Waals surface area contributed by atoms with Gasteiger partial charge in [-0.05, 0) is 58.6 Å². The molecule has 2 heterocycles. The smallest absolute Gasteiger partial charge is 0.410 e. The number of carbonyl (C=O) groups is 4. The van der Waals surface area contributed by atoms with E-state index in [1.54, 1.807) is 43.9 Å². The van der Waals surface area contributed by atoms with Crippen LogP contribution in [0.5, 0.6) is 0 Å². The van der Waals surface area contributed by atoms with E-state index in [9.17, 15) is 19.2 Å². The standard InChI is InChI=1S/C23H28N2O6/c1-5-11-23(12-8-14-24(15-13-23)21(29)30-22(2,3)4)20(28)31-25-18(26)16-9-6-7-10-17(16)19(25)27/h5-7,9-10H,1,8,11-15H2,2-4H3. The van der Waals surface area contributed by atoms with Crippen molar-refractivity contribution in [2.24, 2.45) is 5.41 Å². The van der Waals surface area contributed by atoms with Crippen molar-refractivity contribution in [1.82, 2.24) is 9.96 Å². The summed E-state index contributed by atoms with van der Waals surface area (Å²) in [6.07, 6.45) is 2.77. The topological polar surface area (TPSA) is 93.2 Å². The average Bonchev–Trinajstić information content (AvgIpc) is 2.86. The number of carbonyl (C=O) groups excluding carboxylic acids is 4. The number of amides is 3. The minimum atomic E-state index is -0.992. The zero-order valence-corrected chi connectivity index (χ0v) is 18.2. The predicted octanol–water partition coefficient (Wildman–Crippen LogP) is 3.72. The molecule has 166 valence electrons. The Balaban J connectivity index is 1.75. The molecule has 0 N–H and O–H groups in total. The zero-order valence-electron chi connectivity index (χ0n) is 18.2. The first-order valence-corrected chi connectivity index (χ1v) is 10.4. The number of benzene rings is 1. The molecule has 1 atom stereocenters. The van der Waals surface area contributed by atoms with Gasteiger partial charge in [-0.2, -0.15) is 0 Å². The Labute approximate surface area is 181 Å². The molecule has 0 aliphatic carbocycles. The monoisotopic (exact) mass is 428 g/mol. The van der Waals surface area contributed by atoms with E-state index < -0.39 is 34.9 Å². The van der Waals surface area contributed by atoms with Gasteiger partial charge in [0, 0.05) is 13.1 Å². The molecule has 1 aromatic carbocycles. The number of imide groups is 1. The minimum Gasteiger partial charge on any atom is -0.444 e. The summed E-state index contributed by atoms with van der Waals surface area (Å²) in [7, 11) is 0. The van der Waals surface area contributed by atoms with Crippen LogP contribution in [0.15, 0.2) is 36.9 Å². The maximum absolute atomic E-state index is 13.2. The Hall–Kier alpha value is -3.16. The number of hydrogen-bond acceptors (Lipinski definition) is 6. The summed E-state index contributed by atoms with van der Waals surface area (Å²) >= 11 is 0. The van der Waals surface area contributed by atoms with E-state index >= 15 is 0 Å². The third-order valence-electron chi connectivity index (χ3n) is 5.49. The summed E-state index contributed by atoms with van der Waals surface area (Å²) in [6, 6.07) is 6.33. The molecule has 2 aliphatic heterocycles. The predicted molar refractivity (Wildman–Crippen MR) is 112 cm³/mol. The molecular weight excluding hydrogens is 400 g/mol. The van der Waals surface area contributed by atoms with Crippen LogP contribution in [0.3, 0.4) is 0 Å². The summed E-state index contributed by atoms with van der Waals surface area (Å²) in [5, 5.41) is 0.536. The van der Waals surface area contributed by atoms with Gasteiger partial charge in [0.25, 0.3) is 11.8 Å². The van der Waals surface area contributed by atoms with Crippen LogP contribution >= 0.6 is 0 Å². The maximum Gasteiger partial charge on any atom is 0.410 e. The van der Waals surface area contributed by atoms with Gasteiger partial charge in [-0.25, -0.2) is 9.59 Å². The summed E-state index contributed by atoms with van der Waals surface area (Å²) in [4.78, 5) is 57.8. The van der Waals surface area contributed by atoms with E-state index in [-0.39, 0.29) is 11.1 Å². The number of fused-ring (bicyclic) bond motifs is 1. The van der Waals surface area contributed by atoms with Crippen LogP contribution in [-0.4, -0.2) is 52.5 Å². The average molecular weight is 428 g/mol. The van der Waals surface area contributed by atoms with Gasteiger partial charge in [0.2, 0.25) is 0 Å². The lowest BCUT2D eigenvalue weighted by Gasteiger charge is -2.30. The van der Waals surface area contributed by atoms with Crippen molar-refractivity contribution in [1.29, 1.82) is 0 Å². The largest absolute Gasteiger partial charge is 0.444 e. The Morgan fingerprint density at radius 1 is 1.10 bits per heavy atom. The second-order valence-electron chi connectivity index (χ2n) is 8.92. The summed E-state index contributed by atoms with van der Waals surface area (Å²) < 4.78 is 5.45. The molecular formula is C23H28N2O6. The van der Waals surface area contributed by atoms with E-state index in [0.29, 0.717) is 43.8 Å². The van der Waals surface area contributed by atoms with Gasteiger partial charge >= 0.3 is 12.1 Å². The van der Waals surface area contributed by atoms with Crippen LogP contribution in [0.25, 0.3) is 0 Å². The number of ether oxygens (including phenoxy) is 1. The highest BCUT2D eigenvalue weighted by molar-refractivity contribution is 6.20. The van der Waals surface area contributed by atoms with Crippen molar-refractivity contribution in [2.45, 2.75) is 52.1 Å². The van der Waals surface area contributed by atoms with E-state index in [1.807, 2.05) is 0 Å². The Bertz CT molecular complexity index is 884. The Kier molecular flexibility index (Phi) is 6.20. The molecule has 1 unspecified atom stereocenters. The highest BCUT2D eigenvalue weighted by Gasteiger charge is 2.46. The van der Waals surface area contributed by atoms with Crippen LogP contribution in [-0.2, 0) is 14.4 Å². The molecule has 31 heavy (non-hydrogen) atoms. The van der Waals surface area contributed by atoms with Gasteiger partial charge in [-0.3, -0.25) is 9.59 Å². The lowest BCUT2D eigenvalue weighted by molar-refractivity contribution is -0.182. The number of rotatable bonds is 4. The number of likely N-dealkylation sites (tertiary alicyclic amines) is 1. The van der Waals surface area contributed by atoms with Crippen LogP contribution in [0, 0.1) is 5.41 Å². The quantitative estimate of drug-likeness (QED) is 0.536. The first kappa shape index (κ1) is 22.5. The van der Waals surface area contributed by atoms with E-state index in [1.165, 1.54) is 12.1 Å². The molecule has 3 amide bonds. The molecule has 0 aromatic heterocycles. The number of allylic oxidation sites excluding steroid dienone is 1. The molecule has 1 aromatic rings. The van der Waals surface area contributed by atoms with Gasteiger partial charge in [-0.1, -0.05) is 23.3 Å². The van der Waals surface area contributed by atoms with Gasteiger partial charge in [-0.15, -0.1) is 6.58 Å². The number of hydroxylamine groups is 2. The van der Waals surface area contributed by atoms with Crippen molar-refractivity contribution in [3.05, 3.63) is 48.0 Å². The van der Waals surface area contributed by atoms with Crippen molar-refractivity contribution < 1.29 is 28.8 Å². The van der Waals surface area contributed by atoms with Crippen molar-refractivity contribution in [2.75, 3.05) is 13.1 Å². The maximum atomic E-state index is 13.2. The van der Waals surface area contributed by atoms with E-state index in [4.69, 9.17) is 9.57 Å². The molecule has 1 fully saturated rings. The Morgan fingerprint density at radius 2 is 1.71 bits per heavy atom. The fraction of sp³-hybridized carbons (Fsp3) is 0.478. The second-order valence-corrected chi connectivity index (χ2v) is 8.92. The van der Waals surface area contributed by atoms with E-state index in [2.05, 4.69) is 6.58 Å². The lowest BCUT2D eigenvalue weighted by atomic mass is 9.78. The highest BCUT2D eigenvalue weighted by Crippen LogP contribution is 2.38. The van der Waals surface area contributed by atoms with Crippen LogP contribution in [0.1, 0.15) is 67.2 Å². The van der Waals surface area contributed by atoms with Crippen molar-refractivity contribution in [3.8, 4) is 0 Å². The number of nitrogens with zero attached hydrogens (tertiary/aromatic N) is 2. The first-order chi connectivity index (χ1) is 14.6. The molecule has 8 heteroatoms. The van der Waals surface area contributed by atoms with Crippen LogP contribution in [0.2, 0.25) is 0 Å². The third-order valence-corrected chi connectivity index (χ3v) is 5.49. The zero-order chi connectivity index (χ0) is 22.8. The highest BCUT2D eigenvalue weighted by atomic mass is 16.7. The van der Waals surface area contributed by atoms with Crippen molar-refractivity contribution in [3.63, 3.8) is 0 Å². The molecule has 0 bridgehead atoms. The molecule has 8 nitrogen and oxygen atoms in total. The minimum absolute atomic E-state index is 0.204. The second kappa shape index (κ2) is 8.53. The number of hydrogen-bond donors (Lipinski definition) is 0.